The van der Waals surface area contributed by atoms with Crippen molar-refractivity contribution in [2.75, 3.05) is 10.6 Å². The maximum absolute atomic E-state index is 13.8. The fourth-order valence-electron chi connectivity index (χ4n) is 4.91. The van der Waals surface area contributed by atoms with Gasteiger partial charge in [0.15, 0.2) is 0 Å². The number of nitriles is 2. The van der Waals surface area contributed by atoms with Crippen LogP contribution in [0.25, 0.3) is 10.9 Å². The van der Waals surface area contributed by atoms with Crippen molar-refractivity contribution < 1.29 is 5.76 Å². The van der Waals surface area contributed by atoms with E-state index in [4.69, 9.17) is 0 Å². The third-order valence-electron chi connectivity index (χ3n) is 6.86. The van der Waals surface area contributed by atoms with E-state index in [0.29, 0.717) is 39.6 Å². The molecule has 5 rings (SSSR count). The molecule has 2 aromatic carbocycles. The minimum atomic E-state index is -1.75. The summed E-state index contributed by atoms with van der Waals surface area (Å²) in [4.78, 5) is 8.24. The van der Waals surface area contributed by atoms with E-state index in [9.17, 15) is 16.3 Å². The summed E-state index contributed by atoms with van der Waals surface area (Å²) >= 11 is 0. The van der Waals surface area contributed by atoms with Gasteiger partial charge in [-0.1, -0.05) is 68.2 Å². The summed E-state index contributed by atoms with van der Waals surface area (Å²) in [5.41, 5.74) is 3.59. The summed E-state index contributed by atoms with van der Waals surface area (Å²) < 4.78 is 25.2. The molecule has 0 amide bonds. The van der Waals surface area contributed by atoms with Crippen LogP contribution >= 0.6 is 0 Å². The van der Waals surface area contributed by atoms with Gasteiger partial charge in [0.25, 0.3) is 0 Å². The Balaban J connectivity index is 1.65. The van der Waals surface area contributed by atoms with Crippen LogP contribution in [0.4, 0.5) is 15.8 Å². The van der Waals surface area contributed by atoms with Crippen molar-refractivity contribution in [3.63, 3.8) is 0 Å². The topological polar surface area (TPSA) is 128 Å². The van der Waals surface area contributed by atoms with Crippen molar-refractivity contribution in [3.05, 3.63) is 107 Å². The average molecular weight is 591 g/mol. The summed E-state index contributed by atoms with van der Waals surface area (Å²) in [5, 5.41) is 36.1. The minimum absolute atomic E-state index is 0.113. The molecule has 0 bridgehead atoms. The standard InChI is InChI=1S/C32H32FN9Si/c1-5-27(21-9-7-6-8-10-21)39-31-24(16-35)18-37-30-23(15-34)13-25(14-26(30)31)38-32(22-11-12-29(33)36-17-22)28-19-42(41-40-28)20-43(2,3)4/h6-14,17-19,27,32,38H,5,20H2,1-4H3,(H,37,39)/t27-,32?/m1/s1/i32D. The van der Waals surface area contributed by atoms with Crippen LogP contribution in [-0.4, -0.2) is 33.0 Å². The lowest BCUT2D eigenvalue weighted by molar-refractivity contribution is 0.581. The van der Waals surface area contributed by atoms with Gasteiger partial charge in [0.05, 0.1) is 50.0 Å². The number of nitrogens with zero attached hydrogens (tertiary/aromatic N) is 7. The molecular formula is C32H32FN9Si. The Labute approximate surface area is 252 Å². The first-order valence-electron chi connectivity index (χ1n) is 14.4. The summed E-state index contributed by atoms with van der Waals surface area (Å²) in [6.07, 6.45) is 5.90. The van der Waals surface area contributed by atoms with Crippen LogP contribution in [0, 0.1) is 28.6 Å². The highest BCUT2D eigenvalue weighted by atomic mass is 28.3. The zero-order valence-corrected chi connectivity index (χ0v) is 25.4. The number of benzene rings is 2. The number of rotatable bonds is 10. The summed E-state index contributed by atoms with van der Waals surface area (Å²) in [5.74, 6) is -0.675. The summed E-state index contributed by atoms with van der Waals surface area (Å²) in [6.45, 7) is 8.67. The van der Waals surface area contributed by atoms with Gasteiger partial charge in [-0.15, -0.1) is 5.10 Å². The monoisotopic (exact) mass is 590 g/mol. The number of hydrogen-bond donors (Lipinski definition) is 2. The number of pyridine rings is 2. The van der Waals surface area contributed by atoms with Crippen LogP contribution < -0.4 is 10.6 Å². The van der Waals surface area contributed by atoms with Crippen molar-refractivity contribution in [1.29, 1.82) is 10.5 Å². The molecular weight excluding hydrogens is 557 g/mol. The molecule has 3 aromatic heterocycles. The SMILES string of the molecule is [2H]C(Nc1cc(C#N)c2ncc(C#N)c(N[C@H](CC)c3ccccc3)c2c1)(c1ccc(F)nc1)c1cn(C[Si](C)(C)C)nn1. The zero-order valence-electron chi connectivity index (χ0n) is 25.4. The van der Waals surface area contributed by atoms with E-state index in [1.165, 1.54) is 24.5 Å². The molecule has 2 atom stereocenters. The van der Waals surface area contributed by atoms with Gasteiger partial charge in [-0.25, -0.2) is 4.98 Å². The van der Waals surface area contributed by atoms with Gasteiger partial charge in [-0.2, -0.15) is 14.9 Å². The van der Waals surface area contributed by atoms with E-state index in [0.717, 1.165) is 12.0 Å². The molecule has 0 aliphatic carbocycles. The molecule has 3 heterocycles. The Morgan fingerprint density at radius 3 is 2.40 bits per heavy atom. The van der Waals surface area contributed by atoms with Gasteiger partial charge in [0, 0.05) is 29.6 Å². The van der Waals surface area contributed by atoms with E-state index < -0.39 is 20.0 Å². The number of halogens is 1. The molecule has 2 N–H and O–H groups in total. The quantitative estimate of drug-likeness (QED) is 0.135. The molecule has 43 heavy (non-hydrogen) atoms. The van der Waals surface area contributed by atoms with E-state index in [1.54, 1.807) is 23.0 Å². The summed E-state index contributed by atoms with van der Waals surface area (Å²) in [6, 6.07) is 18.5. The molecule has 1 unspecified atom stereocenters. The Hall–Kier alpha value is -5.13. The molecule has 0 aliphatic heterocycles. The van der Waals surface area contributed by atoms with Crippen molar-refractivity contribution in [3.8, 4) is 12.1 Å². The first-order valence-corrected chi connectivity index (χ1v) is 17.6. The van der Waals surface area contributed by atoms with Crippen molar-refractivity contribution in [2.45, 2.75) is 51.2 Å². The van der Waals surface area contributed by atoms with E-state index in [2.05, 4.69) is 62.7 Å². The van der Waals surface area contributed by atoms with Crippen LogP contribution in [0.5, 0.6) is 0 Å². The van der Waals surface area contributed by atoms with Gasteiger partial charge >= 0.3 is 0 Å². The van der Waals surface area contributed by atoms with Gasteiger partial charge in [0.1, 0.15) is 17.8 Å². The number of hydrogen-bond acceptors (Lipinski definition) is 8. The lowest BCUT2D eigenvalue weighted by Gasteiger charge is -2.22. The lowest BCUT2D eigenvalue weighted by atomic mass is 10.0. The number of fused-ring (bicyclic) bond motifs is 1. The molecule has 5 aromatic rings. The normalized spacial score (nSPS) is 13.8. The van der Waals surface area contributed by atoms with Gasteiger partial charge < -0.3 is 10.6 Å². The van der Waals surface area contributed by atoms with Crippen molar-refractivity contribution in [1.82, 2.24) is 25.0 Å². The maximum Gasteiger partial charge on any atom is 0.212 e. The van der Waals surface area contributed by atoms with Crippen LogP contribution in [0.2, 0.25) is 19.6 Å². The fraction of sp³-hybridized carbons (Fsp3) is 0.250. The highest BCUT2D eigenvalue weighted by Gasteiger charge is 2.23. The Morgan fingerprint density at radius 2 is 1.74 bits per heavy atom. The van der Waals surface area contributed by atoms with Crippen LogP contribution in [0.1, 0.15) is 54.7 Å². The Bertz CT molecular complexity index is 1880. The van der Waals surface area contributed by atoms with Crippen molar-refractivity contribution >= 4 is 30.4 Å². The molecule has 0 saturated carbocycles. The highest BCUT2D eigenvalue weighted by molar-refractivity contribution is 6.74. The van der Waals surface area contributed by atoms with E-state index in [-0.39, 0.29) is 17.3 Å². The molecule has 0 radical (unpaired) electrons. The molecule has 9 nitrogen and oxygen atoms in total. The minimum Gasteiger partial charge on any atom is -0.377 e. The molecule has 0 aliphatic rings. The molecule has 0 fully saturated rings. The largest absolute Gasteiger partial charge is 0.377 e. The molecule has 0 saturated heterocycles. The van der Waals surface area contributed by atoms with E-state index >= 15 is 0 Å². The second kappa shape index (κ2) is 12.4. The highest BCUT2D eigenvalue weighted by Crippen LogP contribution is 2.35. The average Bonchev–Trinajstić information content (AvgIpc) is 3.47. The first-order chi connectivity index (χ1) is 21.0. The van der Waals surface area contributed by atoms with Crippen LogP contribution in [0.15, 0.2) is 73.2 Å². The molecule has 11 heteroatoms. The molecule has 0 spiro atoms. The van der Waals surface area contributed by atoms with Crippen LogP contribution in [0.3, 0.4) is 0 Å². The van der Waals surface area contributed by atoms with E-state index in [1.807, 2.05) is 37.3 Å². The maximum atomic E-state index is 13.8. The third kappa shape index (κ3) is 6.69. The van der Waals surface area contributed by atoms with Gasteiger partial charge in [-0.05, 0) is 35.7 Å². The smallest absolute Gasteiger partial charge is 0.212 e. The number of aromatic nitrogens is 5. The predicted molar refractivity (Wildman–Crippen MR) is 167 cm³/mol. The summed E-state index contributed by atoms with van der Waals surface area (Å²) in [7, 11) is -1.56. The second-order valence-electron chi connectivity index (χ2n) is 11.4. The first kappa shape index (κ1) is 28.0. The van der Waals surface area contributed by atoms with Crippen molar-refractivity contribution in [2.24, 2.45) is 0 Å². The van der Waals surface area contributed by atoms with Gasteiger partial charge in [-0.3, -0.25) is 9.67 Å². The van der Waals surface area contributed by atoms with Gasteiger partial charge in [0.2, 0.25) is 5.95 Å². The second-order valence-corrected chi connectivity index (χ2v) is 16.9. The fourth-order valence-corrected chi connectivity index (χ4v) is 6.04. The zero-order chi connectivity index (χ0) is 31.5. The third-order valence-corrected chi connectivity index (χ3v) is 8.13. The molecule has 216 valence electrons. The lowest BCUT2D eigenvalue weighted by Crippen LogP contribution is -2.28. The number of anilines is 2. The Morgan fingerprint density at radius 1 is 0.977 bits per heavy atom. The van der Waals surface area contributed by atoms with Crippen LogP contribution in [-0.2, 0) is 6.17 Å². The number of nitrogens with one attached hydrogen (secondary N) is 2. The Kier molecular flexibility index (Phi) is 8.07. The predicted octanol–water partition coefficient (Wildman–Crippen LogP) is 6.75.